The molecule has 0 aromatic heterocycles. The van der Waals surface area contributed by atoms with E-state index in [1.165, 1.54) is 19.3 Å². The molecule has 3 nitrogen and oxygen atoms in total. The van der Waals surface area contributed by atoms with Crippen LogP contribution in [0.25, 0.3) is 0 Å². The molecule has 0 spiro atoms. The minimum atomic E-state index is -2.73. The molecule has 2 unspecified atom stereocenters. The molecule has 1 saturated carbocycles. The normalized spacial score (nSPS) is 29.4. The minimum absolute atomic E-state index is 0.417. The summed E-state index contributed by atoms with van der Waals surface area (Å²) in [4.78, 5) is 0. The Morgan fingerprint density at radius 1 is 1.11 bits per heavy atom. The number of nitrogens with one attached hydrogen (secondary N) is 1. The molecular weight excluding hydrogens is 246 g/mol. The van der Waals surface area contributed by atoms with E-state index in [0.29, 0.717) is 29.3 Å². The van der Waals surface area contributed by atoms with Crippen molar-refractivity contribution in [1.29, 1.82) is 0 Å². The van der Waals surface area contributed by atoms with Crippen molar-refractivity contribution in [2.24, 2.45) is 23.7 Å². The van der Waals surface area contributed by atoms with Gasteiger partial charge >= 0.3 is 0 Å². The van der Waals surface area contributed by atoms with Crippen molar-refractivity contribution in [3.63, 3.8) is 0 Å². The third kappa shape index (κ3) is 3.70. The van der Waals surface area contributed by atoms with Gasteiger partial charge in [0, 0.05) is 0 Å². The van der Waals surface area contributed by atoms with Crippen molar-refractivity contribution in [3.05, 3.63) is 0 Å². The molecule has 1 heterocycles. The van der Waals surface area contributed by atoms with Gasteiger partial charge in [-0.1, -0.05) is 33.1 Å². The second-order valence-corrected chi connectivity index (χ2v) is 8.80. The van der Waals surface area contributed by atoms with Crippen LogP contribution in [0.4, 0.5) is 0 Å². The maximum atomic E-state index is 11.6. The average molecular weight is 273 g/mol. The van der Waals surface area contributed by atoms with Crippen LogP contribution in [0.15, 0.2) is 0 Å². The highest BCUT2D eigenvalue weighted by atomic mass is 32.2. The van der Waals surface area contributed by atoms with Gasteiger partial charge in [-0.3, -0.25) is 0 Å². The Balaban J connectivity index is 1.89. The van der Waals surface area contributed by atoms with E-state index in [0.717, 1.165) is 25.4 Å². The Labute approximate surface area is 112 Å². The molecule has 1 N–H and O–H groups in total. The third-order valence-electron chi connectivity index (χ3n) is 4.56. The molecule has 18 heavy (non-hydrogen) atoms. The summed E-state index contributed by atoms with van der Waals surface area (Å²) in [5.41, 5.74) is 0. The molecule has 2 rings (SSSR count). The highest BCUT2D eigenvalue weighted by Crippen LogP contribution is 2.40. The van der Waals surface area contributed by atoms with Crippen LogP contribution in [-0.2, 0) is 9.84 Å². The highest BCUT2D eigenvalue weighted by Gasteiger charge is 2.38. The van der Waals surface area contributed by atoms with Gasteiger partial charge in [-0.05, 0) is 43.2 Å². The van der Waals surface area contributed by atoms with Crippen molar-refractivity contribution in [3.8, 4) is 0 Å². The lowest BCUT2D eigenvalue weighted by Crippen LogP contribution is -2.38. The zero-order valence-electron chi connectivity index (χ0n) is 11.7. The van der Waals surface area contributed by atoms with Gasteiger partial charge < -0.3 is 5.32 Å². The van der Waals surface area contributed by atoms with E-state index in [-0.39, 0.29) is 0 Å². The first kappa shape index (κ1) is 14.3. The molecule has 1 aliphatic carbocycles. The summed E-state index contributed by atoms with van der Waals surface area (Å²) >= 11 is 0. The van der Waals surface area contributed by atoms with Crippen LogP contribution < -0.4 is 5.32 Å². The van der Waals surface area contributed by atoms with Gasteiger partial charge in [0.2, 0.25) is 0 Å². The number of hydrogen-bond donors (Lipinski definition) is 1. The molecule has 4 heteroatoms. The molecule has 0 aromatic rings. The average Bonchev–Trinajstić information content (AvgIpc) is 2.54. The third-order valence-corrected chi connectivity index (χ3v) is 6.35. The maximum Gasteiger partial charge on any atom is 0.150 e. The van der Waals surface area contributed by atoms with E-state index in [2.05, 4.69) is 19.2 Å². The summed E-state index contributed by atoms with van der Waals surface area (Å²) in [6, 6.07) is 0. The lowest BCUT2D eigenvalue weighted by atomic mass is 9.70. The quantitative estimate of drug-likeness (QED) is 0.806. The Hall–Kier alpha value is -0.0900. The molecule has 2 fully saturated rings. The highest BCUT2D eigenvalue weighted by molar-refractivity contribution is 7.91. The zero-order valence-corrected chi connectivity index (χ0v) is 12.5. The van der Waals surface area contributed by atoms with E-state index in [9.17, 15) is 8.42 Å². The standard InChI is InChI=1S/C14H27NO2S/c1-11(2)8-15-9-14(12-4-3-5-12)13-6-7-18(16,17)10-13/h11-15H,3-10H2,1-2H3. The van der Waals surface area contributed by atoms with E-state index in [1.54, 1.807) is 0 Å². The van der Waals surface area contributed by atoms with Crippen molar-refractivity contribution < 1.29 is 8.42 Å². The van der Waals surface area contributed by atoms with Crippen LogP contribution in [0.1, 0.15) is 39.5 Å². The number of hydrogen-bond acceptors (Lipinski definition) is 3. The molecule has 1 aliphatic heterocycles. The fourth-order valence-electron chi connectivity index (χ4n) is 3.29. The fourth-order valence-corrected chi connectivity index (χ4v) is 5.18. The lowest BCUT2D eigenvalue weighted by molar-refractivity contribution is 0.150. The Morgan fingerprint density at radius 3 is 2.28 bits per heavy atom. The summed E-state index contributed by atoms with van der Waals surface area (Å²) < 4.78 is 23.3. The zero-order chi connectivity index (χ0) is 13.2. The Kier molecular flexibility index (Phi) is 4.70. The molecule has 106 valence electrons. The number of rotatable bonds is 6. The molecule has 0 radical (unpaired) electrons. The van der Waals surface area contributed by atoms with E-state index in [1.807, 2.05) is 0 Å². The van der Waals surface area contributed by atoms with Gasteiger partial charge in [-0.25, -0.2) is 8.42 Å². The molecule has 0 bridgehead atoms. The lowest BCUT2D eigenvalue weighted by Gasteiger charge is -2.37. The van der Waals surface area contributed by atoms with Crippen LogP contribution in [0.2, 0.25) is 0 Å². The summed E-state index contributed by atoms with van der Waals surface area (Å²) in [7, 11) is -2.73. The SMILES string of the molecule is CC(C)CNCC(C1CCC1)C1CCS(=O)(=O)C1. The smallest absolute Gasteiger partial charge is 0.150 e. The van der Waals surface area contributed by atoms with Crippen LogP contribution in [0.3, 0.4) is 0 Å². The topological polar surface area (TPSA) is 46.2 Å². The predicted octanol–water partition coefficient (Wildman–Crippen LogP) is 2.08. The second-order valence-electron chi connectivity index (χ2n) is 6.57. The van der Waals surface area contributed by atoms with Crippen molar-refractivity contribution in [2.75, 3.05) is 24.6 Å². The van der Waals surface area contributed by atoms with Gasteiger partial charge in [0.05, 0.1) is 11.5 Å². The first-order chi connectivity index (χ1) is 8.48. The second kappa shape index (κ2) is 5.91. The molecule has 2 aliphatic rings. The van der Waals surface area contributed by atoms with Crippen LogP contribution >= 0.6 is 0 Å². The summed E-state index contributed by atoms with van der Waals surface area (Å²) in [6.07, 6.45) is 4.85. The van der Waals surface area contributed by atoms with Crippen LogP contribution in [0.5, 0.6) is 0 Å². The van der Waals surface area contributed by atoms with Gasteiger partial charge in [0.15, 0.2) is 9.84 Å². The first-order valence-electron chi connectivity index (χ1n) is 7.39. The summed E-state index contributed by atoms with van der Waals surface area (Å²) in [5.74, 6) is 3.32. The van der Waals surface area contributed by atoms with Crippen molar-refractivity contribution in [1.82, 2.24) is 5.32 Å². The van der Waals surface area contributed by atoms with Gasteiger partial charge in [0.25, 0.3) is 0 Å². The summed E-state index contributed by atoms with van der Waals surface area (Å²) in [6.45, 7) is 6.49. The van der Waals surface area contributed by atoms with Gasteiger partial charge in [-0.15, -0.1) is 0 Å². The monoisotopic (exact) mass is 273 g/mol. The Bertz CT molecular complexity index is 360. The van der Waals surface area contributed by atoms with Crippen LogP contribution in [-0.4, -0.2) is 33.0 Å². The van der Waals surface area contributed by atoms with E-state index < -0.39 is 9.84 Å². The van der Waals surface area contributed by atoms with E-state index in [4.69, 9.17) is 0 Å². The molecule has 0 amide bonds. The Morgan fingerprint density at radius 2 is 1.83 bits per heavy atom. The minimum Gasteiger partial charge on any atom is -0.316 e. The molecular formula is C14H27NO2S. The fraction of sp³-hybridized carbons (Fsp3) is 1.00. The van der Waals surface area contributed by atoms with Gasteiger partial charge in [0.1, 0.15) is 0 Å². The maximum absolute atomic E-state index is 11.6. The van der Waals surface area contributed by atoms with Crippen molar-refractivity contribution in [2.45, 2.75) is 39.5 Å². The predicted molar refractivity (Wildman–Crippen MR) is 75.3 cm³/mol. The largest absolute Gasteiger partial charge is 0.316 e. The summed E-state index contributed by atoms with van der Waals surface area (Å²) in [5, 5.41) is 3.54. The number of sulfone groups is 1. The molecule has 0 aromatic carbocycles. The van der Waals surface area contributed by atoms with Crippen molar-refractivity contribution >= 4 is 9.84 Å². The molecule has 1 saturated heterocycles. The van der Waals surface area contributed by atoms with Crippen LogP contribution in [0, 0.1) is 23.7 Å². The van der Waals surface area contributed by atoms with Gasteiger partial charge in [-0.2, -0.15) is 0 Å². The molecule has 2 atom stereocenters. The van der Waals surface area contributed by atoms with E-state index >= 15 is 0 Å². The first-order valence-corrected chi connectivity index (χ1v) is 9.21.